The number of halogens is 1. The smallest absolute Gasteiger partial charge is 0.292 e. The molecule has 0 aliphatic heterocycles. The van der Waals surface area contributed by atoms with Gasteiger partial charge in [-0.25, -0.2) is 0 Å². The number of hydrogen-bond acceptors (Lipinski definition) is 5. The molecule has 0 saturated heterocycles. The van der Waals surface area contributed by atoms with E-state index >= 15 is 0 Å². The van der Waals surface area contributed by atoms with E-state index in [4.69, 9.17) is 21.1 Å². The third-order valence-corrected chi connectivity index (χ3v) is 4.11. The fourth-order valence-electron chi connectivity index (χ4n) is 2.62. The van der Waals surface area contributed by atoms with Gasteiger partial charge in [-0.2, -0.15) is 0 Å². The van der Waals surface area contributed by atoms with Crippen molar-refractivity contribution >= 4 is 28.9 Å². The second-order valence-corrected chi connectivity index (χ2v) is 6.39. The maximum absolute atomic E-state index is 12.3. The summed E-state index contributed by atoms with van der Waals surface area (Å²) in [4.78, 5) is 23.7. The second kappa shape index (κ2) is 9.20. The lowest BCUT2D eigenvalue weighted by Crippen LogP contribution is -3.08. The van der Waals surface area contributed by atoms with Crippen molar-refractivity contribution < 1.29 is 24.1 Å². The lowest BCUT2D eigenvalue weighted by Gasteiger charge is -2.16. The molecule has 0 aliphatic rings. The zero-order valence-electron chi connectivity index (χ0n) is 15.2. The Kier molecular flexibility index (Phi) is 6.98. The fraction of sp³-hybridized carbons (Fsp3) is 0.278. The predicted molar refractivity (Wildman–Crippen MR) is 102 cm³/mol. The number of ether oxygens (including phenoxy) is 2. The maximum Gasteiger partial charge on any atom is 0.292 e. The Hall–Kier alpha value is -2.84. The Bertz CT molecular complexity index is 844. The molecule has 0 spiro atoms. The number of nitrogens with zero attached hydrogens (tertiary/aromatic N) is 1. The van der Waals surface area contributed by atoms with Crippen molar-refractivity contribution in [2.45, 2.75) is 6.54 Å². The highest BCUT2D eigenvalue weighted by Crippen LogP contribution is 2.27. The fourth-order valence-corrected chi connectivity index (χ4v) is 2.79. The van der Waals surface area contributed by atoms with E-state index in [1.54, 1.807) is 20.3 Å². The zero-order valence-corrected chi connectivity index (χ0v) is 16.0. The number of nitrogens with one attached hydrogen (secondary N) is 2. The van der Waals surface area contributed by atoms with Gasteiger partial charge in [0.25, 0.3) is 11.6 Å². The molecule has 8 nitrogen and oxygen atoms in total. The molecule has 9 heteroatoms. The lowest BCUT2D eigenvalue weighted by atomic mass is 10.1. The average molecular weight is 395 g/mol. The van der Waals surface area contributed by atoms with Crippen molar-refractivity contribution in [3.63, 3.8) is 0 Å². The molecule has 27 heavy (non-hydrogen) atoms. The number of likely N-dealkylation sites (N-methyl/N-ethyl adjacent to an activating group) is 1. The molecule has 0 fully saturated rings. The Morgan fingerprint density at radius 2 is 1.96 bits per heavy atom. The minimum absolute atomic E-state index is 0.0762. The summed E-state index contributed by atoms with van der Waals surface area (Å²) in [6, 6.07) is 9.50. The Balaban J connectivity index is 2.04. The molecule has 2 rings (SSSR count). The van der Waals surface area contributed by atoms with Crippen LogP contribution in [0.5, 0.6) is 11.5 Å². The summed E-state index contributed by atoms with van der Waals surface area (Å²) in [5, 5.41) is 13.9. The first-order chi connectivity index (χ1) is 12.8. The van der Waals surface area contributed by atoms with E-state index in [2.05, 4.69) is 5.32 Å². The molecule has 0 heterocycles. The van der Waals surface area contributed by atoms with Crippen molar-refractivity contribution in [3.8, 4) is 11.5 Å². The quantitative estimate of drug-likeness (QED) is 0.527. The maximum atomic E-state index is 12.3. The summed E-state index contributed by atoms with van der Waals surface area (Å²) < 4.78 is 10.5. The largest absolute Gasteiger partial charge is 0.497 e. The highest BCUT2D eigenvalue weighted by atomic mass is 35.5. The summed E-state index contributed by atoms with van der Waals surface area (Å²) in [5.41, 5.74) is 0.784. The molecule has 2 aromatic rings. The van der Waals surface area contributed by atoms with E-state index in [9.17, 15) is 14.9 Å². The predicted octanol–water partition coefficient (Wildman–Crippen LogP) is 1.92. The SMILES string of the molecule is COc1ccc(C[NH+](C)CC(=O)Nc2cc(Cl)ccc2[N+](=O)[O-])c(OC)c1. The third-order valence-electron chi connectivity index (χ3n) is 3.88. The Morgan fingerprint density at radius 3 is 2.59 bits per heavy atom. The molecule has 2 aromatic carbocycles. The third kappa shape index (κ3) is 5.57. The zero-order chi connectivity index (χ0) is 20.0. The van der Waals surface area contributed by atoms with Crippen LogP contribution in [-0.2, 0) is 11.3 Å². The molecule has 1 unspecified atom stereocenters. The van der Waals surface area contributed by atoms with Gasteiger partial charge in [0.1, 0.15) is 23.7 Å². The number of carbonyl (C=O) groups excluding carboxylic acids is 1. The first-order valence-corrected chi connectivity index (χ1v) is 8.47. The van der Waals surface area contributed by atoms with Crippen LogP contribution in [0.1, 0.15) is 5.56 Å². The number of carbonyl (C=O) groups is 1. The van der Waals surface area contributed by atoms with Crippen molar-refractivity contribution in [3.05, 3.63) is 57.1 Å². The second-order valence-electron chi connectivity index (χ2n) is 5.96. The van der Waals surface area contributed by atoms with Crippen LogP contribution in [0.15, 0.2) is 36.4 Å². The van der Waals surface area contributed by atoms with Gasteiger partial charge in [0.05, 0.1) is 26.2 Å². The van der Waals surface area contributed by atoms with Crippen LogP contribution in [0, 0.1) is 10.1 Å². The van der Waals surface area contributed by atoms with E-state index in [1.165, 1.54) is 18.2 Å². The van der Waals surface area contributed by atoms with Gasteiger partial charge in [0.15, 0.2) is 6.54 Å². The van der Waals surface area contributed by atoms with Gasteiger partial charge >= 0.3 is 0 Å². The minimum Gasteiger partial charge on any atom is -0.497 e. The number of anilines is 1. The molecule has 1 atom stereocenters. The average Bonchev–Trinajstić information content (AvgIpc) is 2.61. The number of nitro benzene ring substituents is 1. The van der Waals surface area contributed by atoms with Gasteiger partial charge in [-0.05, 0) is 24.3 Å². The number of quaternary nitrogens is 1. The normalized spacial score (nSPS) is 11.6. The Morgan fingerprint density at radius 1 is 1.22 bits per heavy atom. The standard InChI is InChI=1S/C18H20ClN3O5/c1-21(10-12-4-6-14(26-2)9-17(12)27-3)11-18(23)20-15-8-13(19)5-7-16(15)22(24)25/h4-9H,10-11H2,1-3H3,(H,20,23)/p+1. The molecule has 0 saturated carbocycles. The van der Waals surface area contributed by atoms with Gasteiger partial charge in [-0.1, -0.05) is 11.6 Å². The monoisotopic (exact) mass is 394 g/mol. The van der Waals surface area contributed by atoms with Crippen LogP contribution in [-0.4, -0.2) is 38.6 Å². The van der Waals surface area contributed by atoms with E-state index in [1.807, 2.05) is 19.2 Å². The van der Waals surface area contributed by atoms with Crippen molar-refractivity contribution in [1.82, 2.24) is 0 Å². The van der Waals surface area contributed by atoms with E-state index in [-0.39, 0.29) is 23.8 Å². The minimum atomic E-state index is -0.565. The van der Waals surface area contributed by atoms with E-state index in [0.717, 1.165) is 10.5 Å². The number of methoxy groups -OCH3 is 2. The molecular weight excluding hydrogens is 374 g/mol. The van der Waals surface area contributed by atoms with Gasteiger partial charge in [0, 0.05) is 22.7 Å². The first kappa shape index (κ1) is 20.5. The number of benzene rings is 2. The molecule has 0 radical (unpaired) electrons. The van der Waals surface area contributed by atoms with E-state index < -0.39 is 4.92 Å². The van der Waals surface area contributed by atoms with E-state index in [0.29, 0.717) is 23.1 Å². The van der Waals surface area contributed by atoms with Gasteiger partial charge in [-0.3, -0.25) is 14.9 Å². The van der Waals surface area contributed by atoms with Gasteiger partial charge in [0.2, 0.25) is 0 Å². The van der Waals surface area contributed by atoms with Crippen LogP contribution >= 0.6 is 11.6 Å². The van der Waals surface area contributed by atoms with Crippen molar-refractivity contribution in [2.24, 2.45) is 0 Å². The van der Waals surface area contributed by atoms with Crippen LogP contribution in [0.3, 0.4) is 0 Å². The molecule has 0 aromatic heterocycles. The summed E-state index contributed by atoms with van der Waals surface area (Å²) in [5.74, 6) is 0.990. The van der Waals surface area contributed by atoms with Gasteiger partial charge in [-0.15, -0.1) is 0 Å². The summed E-state index contributed by atoms with van der Waals surface area (Å²) in [7, 11) is 4.99. The van der Waals surface area contributed by atoms with Crippen LogP contribution in [0.4, 0.5) is 11.4 Å². The first-order valence-electron chi connectivity index (χ1n) is 8.10. The molecule has 1 amide bonds. The molecule has 2 N–H and O–H groups in total. The highest BCUT2D eigenvalue weighted by Gasteiger charge is 2.19. The highest BCUT2D eigenvalue weighted by molar-refractivity contribution is 6.31. The summed E-state index contributed by atoms with van der Waals surface area (Å²) in [6.07, 6.45) is 0. The van der Waals surface area contributed by atoms with Crippen LogP contribution in [0.2, 0.25) is 5.02 Å². The van der Waals surface area contributed by atoms with Gasteiger partial charge < -0.3 is 19.7 Å². The summed E-state index contributed by atoms with van der Waals surface area (Å²) in [6.45, 7) is 0.636. The van der Waals surface area contributed by atoms with Crippen LogP contribution in [0.25, 0.3) is 0 Å². The van der Waals surface area contributed by atoms with Crippen molar-refractivity contribution in [2.75, 3.05) is 33.1 Å². The van der Waals surface area contributed by atoms with Crippen LogP contribution < -0.4 is 19.7 Å². The lowest BCUT2D eigenvalue weighted by molar-refractivity contribution is -0.885. The number of nitro groups is 1. The molecule has 0 bridgehead atoms. The number of hydrogen-bond donors (Lipinski definition) is 2. The topological polar surface area (TPSA) is 95.1 Å². The Labute approximate surface area is 161 Å². The molecule has 144 valence electrons. The number of rotatable bonds is 8. The van der Waals surface area contributed by atoms with Crippen molar-refractivity contribution in [1.29, 1.82) is 0 Å². The molecular formula is C18H21ClN3O5+. The summed E-state index contributed by atoms with van der Waals surface area (Å²) >= 11 is 5.87. The number of amides is 1. The molecule has 0 aliphatic carbocycles.